The zero-order valence-electron chi connectivity index (χ0n) is 21.7. The minimum absolute atomic E-state index is 0.200. The number of rotatable bonds is 8. The third-order valence-corrected chi connectivity index (χ3v) is 7.16. The number of hydrogen-bond donors (Lipinski definition) is 2. The number of carbonyl (C=O) groups is 1. The Bertz CT molecular complexity index is 1520. The van der Waals surface area contributed by atoms with Gasteiger partial charge in [0, 0.05) is 17.8 Å². The van der Waals surface area contributed by atoms with Crippen molar-refractivity contribution in [3.63, 3.8) is 0 Å². The van der Waals surface area contributed by atoms with Crippen molar-refractivity contribution in [1.29, 1.82) is 0 Å². The lowest BCUT2D eigenvalue weighted by molar-refractivity contribution is -0.111. The van der Waals surface area contributed by atoms with Crippen molar-refractivity contribution >= 4 is 29.0 Å². The van der Waals surface area contributed by atoms with E-state index in [9.17, 15) is 14.7 Å². The van der Waals surface area contributed by atoms with E-state index in [1.54, 1.807) is 42.8 Å². The summed E-state index contributed by atoms with van der Waals surface area (Å²) in [6.07, 6.45) is 8.19. The highest BCUT2D eigenvalue weighted by Crippen LogP contribution is 2.35. The van der Waals surface area contributed by atoms with Crippen LogP contribution >= 0.6 is 0 Å². The van der Waals surface area contributed by atoms with Crippen molar-refractivity contribution in [2.45, 2.75) is 57.6 Å². The Labute approximate surface area is 220 Å². The Kier molecular flexibility index (Phi) is 6.94. The molecule has 38 heavy (non-hydrogen) atoms. The van der Waals surface area contributed by atoms with Gasteiger partial charge < -0.3 is 15.2 Å². The second-order valence-electron chi connectivity index (χ2n) is 10.4. The number of aldehydes is 1. The Hall–Kier alpha value is -4.11. The van der Waals surface area contributed by atoms with Crippen molar-refractivity contribution in [3.05, 3.63) is 82.9 Å². The molecule has 3 heterocycles. The molecule has 9 heteroatoms. The van der Waals surface area contributed by atoms with Crippen molar-refractivity contribution in [1.82, 2.24) is 24.3 Å². The first-order chi connectivity index (χ1) is 18.3. The summed E-state index contributed by atoms with van der Waals surface area (Å²) in [6, 6.07) is 13.5. The molecule has 0 spiro atoms. The van der Waals surface area contributed by atoms with Crippen LogP contribution in [0.2, 0.25) is 0 Å². The van der Waals surface area contributed by atoms with Crippen LogP contribution in [0.25, 0.3) is 16.9 Å². The van der Waals surface area contributed by atoms with Gasteiger partial charge in [0.05, 0.1) is 12.2 Å². The highest BCUT2D eigenvalue weighted by Gasteiger charge is 2.23. The predicted octanol–water partition coefficient (Wildman–Crippen LogP) is 4.61. The smallest absolute Gasteiger partial charge is 0.278 e. The van der Waals surface area contributed by atoms with E-state index >= 15 is 0 Å². The molecule has 1 fully saturated rings. The van der Waals surface area contributed by atoms with E-state index in [1.165, 1.54) is 16.4 Å². The van der Waals surface area contributed by atoms with E-state index in [0.717, 1.165) is 37.7 Å². The Morgan fingerprint density at radius 2 is 1.84 bits per heavy atom. The summed E-state index contributed by atoms with van der Waals surface area (Å²) in [5.41, 5.74) is 1.57. The van der Waals surface area contributed by atoms with Crippen molar-refractivity contribution in [3.8, 4) is 5.82 Å². The number of nitrogens with one attached hydrogen (secondary N) is 1. The van der Waals surface area contributed by atoms with Crippen LogP contribution in [0.3, 0.4) is 0 Å². The number of allylic oxidation sites excluding steroid dienone is 1. The number of nitrogens with zero attached hydrogens (tertiary/aromatic N) is 5. The van der Waals surface area contributed by atoms with E-state index in [0.29, 0.717) is 34.4 Å². The normalized spacial score (nSPS) is 17.9. The van der Waals surface area contributed by atoms with Gasteiger partial charge in [-0.3, -0.25) is 4.79 Å². The molecule has 196 valence electrons. The fourth-order valence-corrected chi connectivity index (χ4v) is 5.05. The summed E-state index contributed by atoms with van der Waals surface area (Å²) in [5, 5.41) is 14.1. The summed E-state index contributed by atoms with van der Waals surface area (Å²) >= 11 is 0. The molecule has 4 aromatic rings. The van der Waals surface area contributed by atoms with Gasteiger partial charge >= 0.3 is 0 Å². The first kappa shape index (κ1) is 25.5. The lowest BCUT2D eigenvalue weighted by Gasteiger charge is -2.25. The van der Waals surface area contributed by atoms with Gasteiger partial charge in [-0.05, 0) is 75.3 Å². The number of benzene rings is 1. The van der Waals surface area contributed by atoms with E-state index in [2.05, 4.69) is 39.0 Å². The number of fused-ring (bicyclic) bond motifs is 1. The number of carbonyl (C=O) groups excluding carboxylic acids is 1. The van der Waals surface area contributed by atoms with E-state index in [4.69, 9.17) is 0 Å². The van der Waals surface area contributed by atoms with Gasteiger partial charge in [-0.25, -0.2) is 19.3 Å². The Morgan fingerprint density at radius 1 is 1.11 bits per heavy atom. The average Bonchev–Trinajstić information content (AvgIpc) is 3.19. The molecular weight excluding hydrogens is 480 g/mol. The van der Waals surface area contributed by atoms with Gasteiger partial charge in [-0.2, -0.15) is 4.98 Å². The molecule has 5 rings (SSSR count). The minimum atomic E-state index is -1.15. The molecule has 0 atom stereocenters. The molecule has 0 saturated heterocycles. The molecule has 0 radical (unpaired) electrons. The zero-order valence-corrected chi connectivity index (χ0v) is 21.7. The summed E-state index contributed by atoms with van der Waals surface area (Å²) < 4.78 is 3.14. The minimum Gasteiger partial charge on any atom is -0.384 e. The van der Waals surface area contributed by atoms with E-state index < -0.39 is 5.60 Å². The maximum Gasteiger partial charge on any atom is 0.278 e. The third-order valence-electron chi connectivity index (χ3n) is 7.16. The summed E-state index contributed by atoms with van der Waals surface area (Å²) in [5.74, 6) is 1.47. The number of pyridine rings is 1. The van der Waals surface area contributed by atoms with Crippen molar-refractivity contribution < 1.29 is 9.90 Å². The fourth-order valence-electron chi connectivity index (χ4n) is 5.05. The molecule has 3 aromatic heterocycles. The second-order valence-corrected chi connectivity index (χ2v) is 10.4. The highest BCUT2D eigenvalue weighted by molar-refractivity contribution is 5.77. The maximum atomic E-state index is 13.2. The van der Waals surface area contributed by atoms with E-state index in [-0.39, 0.29) is 18.0 Å². The van der Waals surface area contributed by atoms with Crippen LogP contribution < -0.4 is 10.9 Å². The monoisotopic (exact) mass is 512 g/mol. The van der Waals surface area contributed by atoms with Gasteiger partial charge in [0.25, 0.3) is 5.56 Å². The van der Waals surface area contributed by atoms with Crippen LogP contribution in [0.4, 0.5) is 11.6 Å². The maximum absolute atomic E-state index is 13.2. The van der Waals surface area contributed by atoms with Gasteiger partial charge in [0.1, 0.15) is 17.3 Å². The molecule has 9 nitrogen and oxygen atoms in total. The third kappa shape index (κ3) is 5.02. The SMILES string of the molecule is C=CCn1c(=O)c2cnc(Nc3ccc(C4CCC(C=O)CC4)cc3)nc2n1-c1cccc(C(C)(C)O)n1. The second kappa shape index (κ2) is 10.3. The Morgan fingerprint density at radius 3 is 2.50 bits per heavy atom. The quantitative estimate of drug-likeness (QED) is 0.262. The van der Waals surface area contributed by atoms with Gasteiger partial charge in [-0.15, -0.1) is 6.58 Å². The molecule has 1 aliphatic rings. The van der Waals surface area contributed by atoms with Crippen LogP contribution in [0.5, 0.6) is 0 Å². The molecule has 0 bridgehead atoms. The van der Waals surface area contributed by atoms with Gasteiger partial charge in [0.15, 0.2) is 11.5 Å². The van der Waals surface area contributed by atoms with Crippen molar-refractivity contribution in [2.24, 2.45) is 5.92 Å². The molecule has 1 saturated carbocycles. The summed E-state index contributed by atoms with van der Waals surface area (Å²) in [4.78, 5) is 37.9. The summed E-state index contributed by atoms with van der Waals surface area (Å²) in [6.45, 7) is 7.36. The number of aliphatic hydroxyl groups is 1. The van der Waals surface area contributed by atoms with Crippen LogP contribution in [0, 0.1) is 5.92 Å². The molecular formula is C29H32N6O3. The lowest BCUT2D eigenvalue weighted by atomic mass is 9.79. The predicted molar refractivity (Wildman–Crippen MR) is 147 cm³/mol. The molecule has 0 unspecified atom stereocenters. The fraction of sp³-hybridized carbons (Fsp3) is 0.345. The molecule has 1 aliphatic carbocycles. The number of aromatic nitrogens is 5. The topological polar surface area (TPSA) is 115 Å². The van der Waals surface area contributed by atoms with Crippen LogP contribution in [-0.2, 0) is 16.9 Å². The van der Waals surface area contributed by atoms with Gasteiger partial charge in [-0.1, -0.05) is 24.3 Å². The summed E-state index contributed by atoms with van der Waals surface area (Å²) in [7, 11) is 0. The van der Waals surface area contributed by atoms with Crippen molar-refractivity contribution in [2.75, 3.05) is 5.32 Å². The Balaban J connectivity index is 1.47. The van der Waals surface area contributed by atoms with Crippen LogP contribution in [0.15, 0.2) is 66.1 Å². The largest absolute Gasteiger partial charge is 0.384 e. The average molecular weight is 513 g/mol. The van der Waals surface area contributed by atoms with Gasteiger partial charge in [0.2, 0.25) is 5.95 Å². The molecule has 0 aliphatic heterocycles. The first-order valence-corrected chi connectivity index (χ1v) is 12.9. The number of anilines is 2. The number of hydrogen-bond acceptors (Lipinski definition) is 7. The zero-order chi connectivity index (χ0) is 26.9. The first-order valence-electron chi connectivity index (χ1n) is 12.9. The lowest BCUT2D eigenvalue weighted by Crippen LogP contribution is -2.23. The highest BCUT2D eigenvalue weighted by atomic mass is 16.3. The standard InChI is InChI=1S/C29H32N6O3/c1-4-16-34-27(37)23-17-30-28(33-26(23)35(34)25-7-5-6-24(32-25)29(2,3)38)31-22-14-12-21(13-15-22)20-10-8-19(18-36)9-11-20/h4-7,12-15,17-20,38H,1,8-11,16H2,2-3H3,(H,30,31,33). The molecule has 0 amide bonds. The molecule has 2 N–H and O–H groups in total. The molecule has 1 aromatic carbocycles. The van der Waals surface area contributed by atoms with Crippen LogP contribution in [0.1, 0.15) is 56.7 Å². The van der Waals surface area contributed by atoms with Crippen LogP contribution in [-0.4, -0.2) is 35.7 Å². The van der Waals surface area contributed by atoms with E-state index in [1.807, 2.05) is 12.1 Å².